The van der Waals surface area contributed by atoms with Gasteiger partial charge in [-0.15, -0.1) is 0 Å². The van der Waals surface area contributed by atoms with Gasteiger partial charge in [0.25, 0.3) is 0 Å². The summed E-state index contributed by atoms with van der Waals surface area (Å²) in [5, 5.41) is 0. The maximum Gasteiger partial charge on any atom is 0.138 e. The smallest absolute Gasteiger partial charge is 0.138 e. The van der Waals surface area contributed by atoms with E-state index in [-0.39, 0.29) is 17.3 Å². The van der Waals surface area contributed by atoms with Crippen molar-refractivity contribution in [2.45, 2.75) is 48.0 Å². The first-order valence-corrected chi connectivity index (χ1v) is 4.78. The van der Waals surface area contributed by atoms with E-state index in [0.717, 1.165) is 6.42 Å². The molecule has 0 heterocycles. The summed E-state index contributed by atoms with van der Waals surface area (Å²) in [7, 11) is 0. The molecule has 72 valence electrons. The number of carbonyl (C=O) groups is 1. The van der Waals surface area contributed by atoms with Gasteiger partial charge in [0.1, 0.15) is 5.78 Å². The number of rotatable bonds is 3. The van der Waals surface area contributed by atoms with Crippen LogP contribution in [0.5, 0.6) is 0 Å². The summed E-state index contributed by atoms with van der Waals surface area (Å²) in [6.45, 7) is 12.5. The van der Waals surface area contributed by atoms with Crippen molar-refractivity contribution >= 4 is 5.78 Å². The van der Waals surface area contributed by atoms with Crippen LogP contribution in [0, 0.1) is 17.3 Å². The minimum atomic E-state index is 0.183. The molecule has 0 aromatic heterocycles. The zero-order valence-electron chi connectivity index (χ0n) is 9.27. The van der Waals surface area contributed by atoms with Crippen molar-refractivity contribution in [1.82, 2.24) is 0 Å². The van der Waals surface area contributed by atoms with Gasteiger partial charge in [0, 0.05) is 11.8 Å². The van der Waals surface area contributed by atoms with Gasteiger partial charge in [0.15, 0.2) is 0 Å². The van der Waals surface area contributed by atoms with Gasteiger partial charge < -0.3 is 0 Å². The molecule has 0 aliphatic rings. The number of ketones is 1. The SMILES string of the molecule is CC(C)C(=O)C(C)CC(C)(C)C. The van der Waals surface area contributed by atoms with E-state index in [9.17, 15) is 4.79 Å². The topological polar surface area (TPSA) is 17.1 Å². The highest BCUT2D eigenvalue weighted by Crippen LogP contribution is 2.25. The number of hydrogen-bond acceptors (Lipinski definition) is 1. The number of Topliss-reactive ketones (excluding diaryl/α,β-unsaturated/α-hetero) is 1. The molecule has 1 atom stereocenters. The lowest BCUT2D eigenvalue weighted by Crippen LogP contribution is -2.22. The summed E-state index contributed by atoms with van der Waals surface area (Å²) in [5.74, 6) is 0.789. The summed E-state index contributed by atoms with van der Waals surface area (Å²) in [6, 6.07) is 0. The lowest BCUT2D eigenvalue weighted by molar-refractivity contribution is -0.126. The summed E-state index contributed by atoms with van der Waals surface area (Å²) in [6.07, 6.45) is 0.990. The van der Waals surface area contributed by atoms with Crippen LogP contribution in [0.1, 0.15) is 48.0 Å². The van der Waals surface area contributed by atoms with Crippen LogP contribution in [0.25, 0.3) is 0 Å². The Labute approximate surface area is 76.6 Å². The third-order valence-corrected chi connectivity index (χ3v) is 1.97. The van der Waals surface area contributed by atoms with Crippen LogP contribution < -0.4 is 0 Å². The van der Waals surface area contributed by atoms with E-state index in [1.54, 1.807) is 0 Å². The average molecular weight is 170 g/mol. The first kappa shape index (κ1) is 11.7. The normalized spacial score (nSPS) is 14.9. The molecular weight excluding hydrogens is 148 g/mol. The highest BCUT2D eigenvalue weighted by Gasteiger charge is 2.22. The van der Waals surface area contributed by atoms with E-state index in [0.29, 0.717) is 5.78 Å². The summed E-state index contributed by atoms with van der Waals surface area (Å²) >= 11 is 0. The largest absolute Gasteiger partial charge is 0.299 e. The van der Waals surface area contributed by atoms with E-state index in [2.05, 4.69) is 20.8 Å². The maximum atomic E-state index is 11.5. The van der Waals surface area contributed by atoms with Crippen LogP contribution in [0.3, 0.4) is 0 Å². The minimum absolute atomic E-state index is 0.183. The van der Waals surface area contributed by atoms with E-state index < -0.39 is 0 Å². The Bertz CT molecular complexity index is 151. The van der Waals surface area contributed by atoms with Crippen molar-refractivity contribution in [1.29, 1.82) is 0 Å². The maximum absolute atomic E-state index is 11.5. The van der Waals surface area contributed by atoms with Crippen molar-refractivity contribution in [3.05, 3.63) is 0 Å². The lowest BCUT2D eigenvalue weighted by Gasteiger charge is -2.23. The third-order valence-electron chi connectivity index (χ3n) is 1.97. The second kappa shape index (κ2) is 4.06. The predicted molar refractivity (Wildman–Crippen MR) is 53.1 cm³/mol. The van der Waals surface area contributed by atoms with Gasteiger partial charge in [-0.2, -0.15) is 0 Å². The fourth-order valence-corrected chi connectivity index (χ4v) is 1.59. The quantitative estimate of drug-likeness (QED) is 0.635. The second-order valence-electron chi connectivity index (χ2n) is 5.22. The zero-order valence-corrected chi connectivity index (χ0v) is 9.27. The molecule has 0 aliphatic heterocycles. The molecule has 1 heteroatoms. The molecule has 0 fully saturated rings. The van der Waals surface area contributed by atoms with Crippen LogP contribution in [0.4, 0.5) is 0 Å². The summed E-state index contributed by atoms with van der Waals surface area (Å²) < 4.78 is 0. The lowest BCUT2D eigenvalue weighted by atomic mass is 9.81. The number of hydrogen-bond donors (Lipinski definition) is 0. The van der Waals surface area contributed by atoms with E-state index >= 15 is 0 Å². The highest BCUT2D eigenvalue weighted by molar-refractivity contribution is 5.82. The molecule has 0 aromatic rings. The van der Waals surface area contributed by atoms with Gasteiger partial charge in [-0.1, -0.05) is 41.5 Å². The first-order chi connectivity index (χ1) is 5.24. The molecular formula is C11H22O. The van der Waals surface area contributed by atoms with E-state index in [4.69, 9.17) is 0 Å². The standard InChI is InChI=1S/C11H22O/c1-8(2)10(12)9(3)7-11(4,5)6/h8-9H,7H2,1-6H3. The molecule has 1 unspecified atom stereocenters. The van der Waals surface area contributed by atoms with Gasteiger partial charge in [-0.3, -0.25) is 4.79 Å². The molecule has 0 saturated heterocycles. The molecule has 12 heavy (non-hydrogen) atoms. The van der Waals surface area contributed by atoms with E-state index in [1.807, 2.05) is 20.8 Å². The number of carbonyl (C=O) groups excluding carboxylic acids is 1. The van der Waals surface area contributed by atoms with Crippen LogP contribution in [0.15, 0.2) is 0 Å². The van der Waals surface area contributed by atoms with Crippen molar-refractivity contribution in [2.75, 3.05) is 0 Å². The molecule has 0 saturated carbocycles. The Kier molecular flexibility index (Phi) is 3.95. The van der Waals surface area contributed by atoms with Crippen LogP contribution in [-0.2, 0) is 4.79 Å². The van der Waals surface area contributed by atoms with Crippen molar-refractivity contribution < 1.29 is 4.79 Å². The van der Waals surface area contributed by atoms with Crippen LogP contribution in [0.2, 0.25) is 0 Å². The van der Waals surface area contributed by atoms with E-state index in [1.165, 1.54) is 0 Å². The molecule has 0 spiro atoms. The molecule has 0 rings (SSSR count). The Morgan fingerprint density at radius 2 is 1.58 bits per heavy atom. The Morgan fingerprint density at radius 1 is 1.17 bits per heavy atom. The van der Waals surface area contributed by atoms with Crippen molar-refractivity contribution in [2.24, 2.45) is 17.3 Å². The Balaban J connectivity index is 4.05. The third kappa shape index (κ3) is 4.53. The van der Waals surface area contributed by atoms with Crippen LogP contribution >= 0.6 is 0 Å². The van der Waals surface area contributed by atoms with Crippen LogP contribution in [-0.4, -0.2) is 5.78 Å². The molecule has 0 amide bonds. The van der Waals surface area contributed by atoms with Crippen molar-refractivity contribution in [3.63, 3.8) is 0 Å². The molecule has 0 bridgehead atoms. The zero-order chi connectivity index (χ0) is 9.94. The molecule has 1 nitrogen and oxygen atoms in total. The van der Waals surface area contributed by atoms with Gasteiger partial charge in [-0.25, -0.2) is 0 Å². The summed E-state index contributed by atoms with van der Waals surface area (Å²) in [5.41, 5.74) is 0.268. The molecule has 0 N–H and O–H groups in total. The molecule has 0 aliphatic carbocycles. The average Bonchev–Trinajstić information content (AvgIpc) is 1.82. The van der Waals surface area contributed by atoms with Crippen molar-refractivity contribution in [3.8, 4) is 0 Å². The van der Waals surface area contributed by atoms with Gasteiger partial charge in [-0.05, 0) is 11.8 Å². The fraction of sp³-hybridized carbons (Fsp3) is 0.909. The van der Waals surface area contributed by atoms with Gasteiger partial charge >= 0.3 is 0 Å². The first-order valence-electron chi connectivity index (χ1n) is 4.78. The second-order valence-corrected chi connectivity index (χ2v) is 5.22. The fourth-order valence-electron chi connectivity index (χ4n) is 1.59. The van der Waals surface area contributed by atoms with Gasteiger partial charge in [0.05, 0.1) is 0 Å². The summed E-state index contributed by atoms with van der Waals surface area (Å²) in [4.78, 5) is 11.5. The molecule has 0 radical (unpaired) electrons. The Morgan fingerprint density at radius 3 is 1.83 bits per heavy atom. The predicted octanol–water partition coefficient (Wildman–Crippen LogP) is 3.28. The van der Waals surface area contributed by atoms with Gasteiger partial charge in [0.2, 0.25) is 0 Å². The molecule has 0 aromatic carbocycles. The Hall–Kier alpha value is -0.330. The minimum Gasteiger partial charge on any atom is -0.299 e. The monoisotopic (exact) mass is 170 g/mol. The highest BCUT2D eigenvalue weighted by atomic mass is 16.1.